The summed E-state index contributed by atoms with van der Waals surface area (Å²) in [6, 6.07) is 8.21. The van der Waals surface area contributed by atoms with Gasteiger partial charge in [-0.15, -0.1) is 0 Å². The van der Waals surface area contributed by atoms with Crippen molar-refractivity contribution in [3.05, 3.63) is 29.8 Å². The van der Waals surface area contributed by atoms with E-state index in [1.54, 1.807) is 0 Å². The van der Waals surface area contributed by atoms with Crippen LogP contribution in [0.15, 0.2) is 29.3 Å². The minimum Gasteiger partial charge on any atom is -0.396 e. The van der Waals surface area contributed by atoms with Crippen molar-refractivity contribution in [1.29, 1.82) is 0 Å². The minimum absolute atomic E-state index is 0.0487. The first-order valence-corrected chi connectivity index (χ1v) is 7.86. The molecule has 0 atom stereocenters. The molecule has 0 saturated carbocycles. The molecule has 118 valence electrons. The highest BCUT2D eigenvalue weighted by Gasteiger charge is 2.25. The predicted molar refractivity (Wildman–Crippen MR) is 90.6 cm³/mol. The maximum atomic E-state index is 9.22. The molecule has 0 fully saturated rings. The van der Waals surface area contributed by atoms with Crippen LogP contribution in [0.3, 0.4) is 0 Å². The fraction of sp³-hybridized carbons (Fsp3) is 0.588. The van der Waals surface area contributed by atoms with Crippen molar-refractivity contribution in [1.82, 2.24) is 0 Å². The lowest BCUT2D eigenvalue weighted by atomic mass is 9.79. The molecule has 4 N–H and O–H groups in total. The number of benzene rings is 1. The third-order valence-electron chi connectivity index (χ3n) is 4.36. The first kappa shape index (κ1) is 17.5. The average Bonchev–Trinajstić information content (AvgIpc) is 2.52. The monoisotopic (exact) mass is 291 g/mol. The summed E-state index contributed by atoms with van der Waals surface area (Å²) >= 11 is 0. The fourth-order valence-electron chi connectivity index (χ4n) is 2.41. The summed E-state index contributed by atoms with van der Waals surface area (Å²) in [6.07, 6.45) is 3.78. The second kappa shape index (κ2) is 8.67. The van der Waals surface area contributed by atoms with E-state index in [1.165, 1.54) is 5.56 Å². The lowest BCUT2D eigenvalue weighted by Gasteiger charge is -2.29. The molecule has 1 rings (SSSR count). The van der Waals surface area contributed by atoms with Crippen molar-refractivity contribution < 1.29 is 5.11 Å². The van der Waals surface area contributed by atoms with Gasteiger partial charge >= 0.3 is 0 Å². The van der Waals surface area contributed by atoms with E-state index in [0.29, 0.717) is 12.5 Å². The zero-order chi connectivity index (χ0) is 15.7. The molecule has 1 aromatic carbocycles. The van der Waals surface area contributed by atoms with Crippen molar-refractivity contribution in [3.63, 3.8) is 0 Å². The highest BCUT2D eigenvalue weighted by molar-refractivity contribution is 5.92. The van der Waals surface area contributed by atoms with Gasteiger partial charge in [-0.25, -0.2) is 0 Å². The Hall–Kier alpha value is -1.55. The molecule has 0 radical (unpaired) electrons. The predicted octanol–water partition coefficient (Wildman–Crippen LogP) is 3.16. The van der Waals surface area contributed by atoms with E-state index < -0.39 is 0 Å². The number of hydrogen-bond acceptors (Lipinski definition) is 2. The van der Waals surface area contributed by atoms with E-state index in [1.807, 2.05) is 12.1 Å². The van der Waals surface area contributed by atoms with Gasteiger partial charge in [0.15, 0.2) is 5.96 Å². The van der Waals surface area contributed by atoms with Crippen molar-refractivity contribution in [2.24, 2.45) is 16.1 Å². The molecule has 0 spiro atoms. The molecule has 0 aromatic heterocycles. The largest absolute Gasteiger partial charge is 0.396 e. The van der Waals surface area contributed by atoms with Gasteiger partial charge in [-0.1, -0.05) is 32.9 Å². The molecule has 0 bridgehead atoms. The van der Waals surface area contributed by atoms with Gasteiger partial charge < -0.3 is 16.2 Å². The molecule has 0 unspecified atom stereocenters. The van der Waals surface area contributed by atoms with Gasteiger partial charge in [0, 0.05) is 18.8 Å². The smallest absolute Gasteiger partial charge is 0.193 e. The molecule has 0 saturated heterocycles. The molecule has 4 nitrogen and oxygen atoms in total. The Bertz CT molecular complexity index is 436. The summed E-state index contributed by atoms with van der Waals surface area (Å²) in [5.74, 6) is 0.434. The van der Waals surface area contributed by atoms with Crippen LogP contribution in [0.25, 0.3) is 0 Å². The summed E-state index contributed by atoms with van der Waals surface area (Å²) in [7, 11) is 0. The topological polar surface area (TPSA) is 70.6 Å². The summed E-state index contributed by atoms with van der Waals surface area (Å²) in [6.45, 7) is 7.26. The van der Waals surface area contributed by atoms with Crippen LogP contribution in [0.1, 0.15) is 45.6 Å². The molecule has 1 aromatic rings. The number of hydrogen-bond donors (Lipinski definition) is 3. The second-order valence-electron chi connectivity index (χ2n) is 5.56. The number of nitrogens with one attached hydrogen (secondary N) is 1. The first-order valence-electron chi connectivity index (χ1n) is 7.86. The zero-order valence-corrected chi connectivity index (χ0v) is 13.5. The summed E-state index contributed by atoms with van der Waals surface area (Å²) in [4.78, 5) is 4.47. The number of nitrogens with two attached hydrogens (primary N) is 1. The average molecular weight is 291 g/mol. The van der Waals surface area contributed by atoms with Crippen LogP contribution in [0, 0.1) is 5.41 Å². The first-order chi connectivity index (χ1) is 10.1. The third-order valence-corrected chi connectivity index (χ3v) is 4.36. The number of guanidine groups is 1. The Labute approximate surface area is 128 Å². The highest BCUT2D eigenvalue weighted by atomic mass is 16.3. The number of aryl methyl sites for hydroxylation is 1. The molecule has 0 aliphatic rings. The lowest BCUT2D eigenvalue weighted by Crippen LogP contribution is -2.29. The van der Waals surface area contributed by atoms with Crippen molar-refractivity contribution in [2.75, 3.05) is 18.5 Å². The van der Waals surface area contributed by atoms with E-state index in [2.05, 4.69) is 43.2 Å². The van der Waals surface area contributed by atoms with Gasteiger partial charge in [-0.05, 0) is 48.8 Å². The number of rotatable bonds is 8. The van der Waals surface area contributed by atoms with Crippen LogP contribution in [0.4, 0.5) is 5.69 Å². The molecule has 4 heteroatoms. The van der Waals surface area contributed by atoms with Crippen LogP contribution >= 0.6 is 0 Å². The molecule has 0 amide bonds. The normalized spacial score (nSPS) is 12.5. The van der Waals surface area contributed by atoms with Crippen LogP contribution in [0.5, 0.6) is 0 Å². The summed E-state index contributed by atoms with van der Waals surface area (Å²) in [5, 5.41) is 12.3. The molecular weight excluding hydrogens is 262 g/mol. The number of aliphatic imine (C=N–C) groups is 1. The van der Waals surface area contributed by atoms with Crippen LogP contribution in [-0.2, 0) is 6.42 Å². The maximum absolute atomic E-state index is 9.22. The van der Waals surface area contributed by atoms with Gasteiger partial charge in [0.05, 0.1) is 0 Å². The minimum atomic E-state index is 0.0487. The van der Waals surface area contributed by atoms with Crippen molar-refractivity contribution in [3.8, 4) is 0 Å². The number of anilines is 1. The van der Waals surface area contributed by atoms with Crippen LogP contribution in [0.2, 0.25) is 0 Å². The van der Waals surface area contributed by atoms with E-state index in [0.717, 1.165) is 31.4 Å². The standard InChI is InChI=1S/C17H29N3O/c1-4-14-7-9-15(10-8-14)20-16(18)19-13-17(5-2,6-3)11-12-21/h7-10,21H,4-6,11-13H2,1-3H3,(H3,18,19,20). The van der Waals surface area contributed by atoms with Gasteiger partial charge in [0.1, 0.15) is 0 Å². The quantitative estimate of drug-likeness (QED) is 0.509. The Balaban J connectivity index is 2.66. The van der Waals surface area contributed by atoms with Crippen molar-refractivity contribution in [2.45, 2.75) is 46.5 Å². The Morgan fingerprint density at radius 2 is 1.81 bits per heavy atom. The maximum Gasteiger partial charge on any atom is 0.193 e. The van der Waals surface area contributed by atoms with Gasteiger partial charge in [-0.2, -0.15) is 0 Å². The van der Waals surface area contributed by atoms with E-state index in [-0.39, 0.29) is 12.0 Å². The molecule has 0 aliphatic heterocycles. The van der Waals surface area contributed by atoms with E-state index >= 15 is 0 Å². The lowest BCUT2D eigenvalue weighted by molar-refractivity contribution is 0.175. The Kier molecular flexibility index (Phi) is 7.23. The number of nitrogens with zero attached hydrogens (tertiary/aromatic N) is 1. The number of aliphatic hydroxyl groups excluding tert-OH is 1. The Morgan fingerprint density at radius 3 is 2.29 bits per heavy atom. The summed E-state index contributed by atoms with van der Waals surface area (Å²) < 4.78 is 0. The number of aliphatic hydroxyl groups is 1. The zero-order valence-electron chi connectivity index (χ0n) is 13.5. The Morgan fingerprint density at radius 1 is 1.19 bits per heavy atom. The molecule has 0 heterocycles. The SMILES string of the molecule is CCc1ccc(NC(N)=NCC(CC)(CC)CCO)cc1. The van der Waals surface area contributed by atoms with E-state index in [4.69, 9.17) is 5.73 Å². The van der Waals surface area contributed by atoms with Gasteiger partial charge in [0.25, 0.3) is 0 Å². The molecule has 0 aliphatic carbocycles. The van der Waals surface area contributed by atoms with Crippen LogP contribution < -0.4 is 11.1 Å². The van der Waals surface area contributed by atoms with E-state index in [9.17, 15) is 5.11 Å². The second-order valence-corrected chi connectivity index (χ2v) is 5.56. The van der Waals surface area contributed by atoms with Crippen LogP contribution in [-0.4, -0.2) is 24.2 Å². The summed E-state index contributed by atoms with van der Waals surface area (Å²) in [5.41, 5.74) is 8.27. The highest BCUT2D eigenvalue weighted by Crippen LogP contribution is 2.30. The van der Waals surface area contributed by atoms with Gasteiger partial charge in [-0.3, -0.25) is 4.99 Å². The fourth-order valence-corrected chi connectivity index (χ4v) is 2.41. The molecular formula is C17H29N3O. The third kappa shape index (κ3) is 5.38. The molecule has 21 heavy (non-hydrogen) atoms. The van der Waals surface area contributed by atoms with Gasteiger partial charge in [0.2, 0.25) is 0 Å². The van der Waals surface area contributed by atoms with Crippen molar-refractivity contribution >= 4 is 11.6 Å².